The van der Waals surface area contributed by atoms with Crippen LogP contribution in [-0.4, -0.2) is 11.8 Å². The maximum atomic E-state index is 13.2. The number of carbonyl (C=O) groups excluding carboxylic acids is 2. The molecular weight excluding hydrogens is 388 g/mol. The van der Waals surface area contributed by atoms with Crippen LogP contribution in [0.15, 0.2) is 41.8 Å². The minimum Gasteiger partial charge on any atom is -0.322 e. The van der Waals surface area contributed by atoms with Gasteiger partial charge in [0.1, 0.15) is 5.00 Å². The average molecular weight is 411 g/mol. The summed E-state index contributed by atoms with van der Waals surface area (Å²) in [7, 11) is 0. The van der Waals surface area contributed by atoms with Crippen LogP contribution in [0.25, 0.3) is 0 Å². The maximum absolute atomic E-state index is 13.2. The highest BCUT2D eigenvalue weighted by Gasteiger charge is 2.26. The Balaban J connectivity index is 1.67. The van der Waals surface area contributed by atoms with Crippen molar-refractivity contribution < 1.29 is 9.59 Å². The van der Waals surface area contributed by atoms with Crippen molar-refractivity contribution in [1.29, 1.82) is 0 Å². The van der Waals surface area contributed by atoms with Crippen LogP contribution in [-0.2, 0) is 12.8 Å². The highest BCUT2D eigenvalue weighted by molar-refractivity contribution is 7.17. The number of fused-ring (bicyclic) bond motifs is 1. The summed E-state index contributed by atoms with van der Waals surface area (Å²) in [5.74, 6) is -0.303. The van der Waals surface area contributed by atoms with E-state index >= 15 is 0 Å². The Bertz CT molecular complexity index is 1010. The Morgan fingerprint density at radius 2 is 1.82 bits per heavy atom. The number of rotatable bonds is 4. The quantitative estimate of drug-likeness (QED) is 0.527. The molecule has 2 amide bonds. The second-order valence-corrected chi connectivity index (χ2v) is 9.08. The van der Waals surface area contributed by atoms with Crippen molar-refractivity contribution in [3.63, 3.8) is 0 Å². The Morgan fingerprint density at radius 3 is 2.61 bits per heavy atom. The summed E-state index contributed by atoms with van der Waals surface area (Å²) in [4.78, 5) is 27.7. The number of anilines is 2. The molecule has 0 radical (unpaired) electrons. The van der Waals surface area contributed by atoms with Gasteiger partial charge in [-0.1, -0.05) is 24.6 Å². The van der Waals surface area contributed by atoms with Gasteiger partial charge in [0, 0.05) is 10.6 Å². The van der Waals surface area contributed by atoms with Crippen LogP contribution in [0, 0.1) is 6.92 Å². The predicted octanol–water partition coefficient (Wildman–Crippen LogP) is 5.89. The predicted molar refractivity (Wildman–Crippen MR) is 117 cm³/mol. The lowest BCUT2D eigenvalue weighted by Crippen LogP contribution is -2.17. The second-order valence-electron chi connectivity index (χ2n) is 7.02. The fourth-order valence-corrected chi connectivity index (χ4v) is 5.46. The first-order chi connectivity index (χ1) is 13.6. The Kier molecular flexibility index (Phi) is 5.59. The molecule has 28 heavy (non-hydrogen) atoms. The number of nitrogens with one attached hydrogen (secondary N) is 2. The van der Waals surface area contributed by atoms with E-state index in [-0.39, 0.29) is 11.8 Å². The molecule has 0 spiro atoms. The zero-order valence-electron chi connectivity index (χ0n) is 15.7. The van der Waals surface area contributed by atoms with Gasteiger partial charge < -0.3 is 10.6 Å². The summed E-state index contributed by atoms with van der Waals surface area (Å²) < 4.78 is 0. The fraction of sp³-hybridized carbons (Fsp3) is 0.273. The van der Waals surface area contributed by atoms with E-state index in [1.165, 1.54) is 22.6 Å². The molecule has 1 aliphatic carbocycles. The lowest BCUT2D eigenvalue weighted by molar-refractivity contribution is 0.102. The third kappa shape index (κ3) is 4.03. The summed E-state index contributed by atoms with van der Waals surface area (Å²) in [6.45, 7) is 2.00. The van der Waals surface area contributed by atoms with Crippen molar-refractivity contribution in [2.24, 2.45) is 0 Å². The molecule has 0 atom stereocenters. The molecule has 0 bridgehead atoms. The SMILES string of the molecule is Cc1cccc(NC(=O)c2c(NC(=O)c3cccs3)sc3c2CCCCC3)c1. The number of carbonyl (C=O) groups is 2. The van der Waals surface area contributed by atoms with Crippen molar-refractivity contribution in [2.75, 3.05) is 10.6 Å². The van der Waals surface area contributed by atoms with Crippen LogP contribution in [0.4, 0.5) is 10.7 Å². The lowest BCUT2D eigenvalue weighted by atomic mass is 10.0. The summed E-state index contributed by atoms with van der Waals surface area (Å²) in [6, 6.07) is 11.4. The van der Waals surface area contributed by atoms with Crippen molar-refractivity contribution in [2.45, 2.75) is 39.0 Å². The first-order valence-corrected chi connectivity index (χ1v) is 11.2. The molecule has 2 aromatic heterocycles. The highest BCUT2D eigenvalue weighted by Crippen LogP contribution is 2.38. The summed E-state index contributed by atoms with van der Waals surface area (Å²) in [6.07, 6.45) is 5.24. The highest BCUT2D eigenvalue weighted by atomic mass is 32.1. The molecule has 1 aliphatic rings. The van der Waals surface area contributed by atoms with E-state index in [0.717, 1.165) is 42.5 Å². The Labute approximate surface area is 172 Å². The van der Waals surface area contributed by atoms with Gasteiger partial charge in [0.05, 0.1) is 10.4 Å². The van der Waals surface area contributed by atoms with E-state index in [9.17, 15) is 9.59 Å². The topological polar surface area (TPSA) is 58.2 Å². The fourth-order valence-electron chi connectivity index (χ4n) is 3.56. The third-order valence-electron chi connectivity index (χ3n) is 4.90. The van der Waals surface area contributed by atoms with Crippen LogP contribution in [0.1, 0.15) is 55.3 Å². The number of amides is 2. The first-order valence-electron chi connectivity index (χ1n) is 9.49. The van der Waals surface area contributed by atoms with Gasteiger partial charge in [0.25, 0.3) is 11.8 Å². The van der Waals surface area contributed by atoms with Gasteiger partial charge in [-0.25, -0.2) is 0 Å². The molecule has 0 fully saturated rings. The van der Waals surface area contributed by atoms with Gasteiger partial charge in [-0.05, 0) is 67.3 Å². The van der Waals surface area contributed by atoms with E-state index in [2.05, 4.69) is 10.6 Å². The number of hydrogen-bond acceptors (Lipinski definition) is 4. The number of aryl methyl sites for hydroxylation is 2. The van der Waals surface area contributed by atoms with Crippen LogP contribution < -0.4 is 10.6 Å². The molecule has 3 aromatic rings. The molecule has 2 heterocycles. The minimum atomic E-state index is -0.156. The molecule has 4 rings (SSSR count). The van der Waals surface area contributed by atoms with Gasteiger partial charge >= 0.3 is 0 Å². The van der Waals surface area contributed by atoms with Crippen LogP contribution in [0.5, 0.6) is 0 Å². The number of thiophene rings is 2. The Hall–Kier alpha value is -2.44. The van der Waals surface area contributed by atoms with Crippen molar-refractivity contribution in [3.8, 4) is 0 Å². The van der Waals surface area contributed by atoms with Crippen LogP contribution >= 0.6 is 22.7 Å². The molecule has 0 saturated carbocycles. The second kappa shape index (κ2) is 8.29. The van der Waals surface area contributed by atoms with E-state index < -0.39 is 0 Å². The smallest absolute Gasteiger partial charge is 0.266 e. The first kappa shape index (κ1) is 18.9. The molecule has 144 valence electrons. The molecule has 0 unspecified atom stereocenters. The summed E-state index contributed by atoms with van der Waals surface area (Å²) >= 11 is 2.95. The minimum absolute atomic E-state index is 0.147. The van der Waals surface area contributed by atoms with Gasteiger partial charge in [-0.3, -0.25) is 9.59 Å². The standard InChI is InChI=1S/C22H22N2O2S2/c1-14-7-5-8-15(13-14)23-21(26)19-16-9-3-2-4-10-17(16)28-22(19)24-20(25)18-11-6-12-27-18/h5-8,11-13H,2-4,9-10H2,1H3,(H,23,26)(H,24,25). The lowest BCUT2D eigenvalue weighted by Gasteiger charge is -2.10. The van der Waals surface area contributed by atoms with E-state index in [4.69, 9.17) is 0 Å². The zero-order valence-corrected chi connectivity index (χ0v) is 17.3. The van der Waals surface area contributed by atoms with Gasteiger partial charge in [0.15, 0.2) is 0 Å². The van der Waals surface area contributed by atoms with Crippen LogP contribution in [0.2, 0.25) is 0 Å². The van der Waals surface area contributed by atoms with Crippen molar-refractivity contribution in [3.05, 3.63) is 68.2 Å². The molecule has 1 aromatic carbocycles. The van der Waals surface area contributed by atoms with Crippen molar-refractivity contribution in [1.82, 2.24) is 0 Å². The Morgan fingerprint density at radius 1 is 0.964 bits per heavy atom. The van der Waals surface area contributed by atoms with E-state index in [1.54, 1.807) is 17.4 Å². The molecule has 6 heteroatoms. The number of hydrogen-bond donors (Lipinski definition) is 2. The third-order valence-corrected chi connectivity index (χ3v) is 6.97. The van der Waals surface area contributed by atoms with Crippen LogP contribution in [0.3, 0.4) is 0 Å². The van der Waals surface area contributed by atoms with Gasteiger partial charge in [-0.15, -0.1) is 22.7 Å². The van der Waals surface area contributed by atoms with E-state index in [0.29, 0.717) is 15.4 Å². The molecule has 4 nitrogen and oxygen atoms in total. The van der Waals surface area contributed by atoms with Crippen molar-refractivity contribution >= 4 is 45.2 Å². The number of benzene rings is 1. The summed E-state index contributed by atoms with van der Waals surface area (Å²) in [5, 5.41) is 8.56. The molecular formula is C22H22N2O2S2. The molecule has 0 aliphatic heterocycles. The maximum Gasteiger partial charge on any atom is 0.266 e. The van der Waals surface area contributed by atoms with E-state index in [1.807, 2.05) is 42.6 Å². The monoisotopic (exact) mass is 410 g/mol. The van der Waals surface area contributed by atoms with Gasteiger partial charge in [-0.2, -0.15) is 0 Å². The largest absolute Gasteiger partial charge is 0.322 e. The molecule has 0 saturated heterocycles. The van der Waals surface area contributed by atoms with Gasteiger partial charge in [0.2, 0.25) is 0 Å². The average Bonchev–Trinajstić information content (AvgIpc) is 3.25. The normalized spacial score (nSPS) is 13.5. The molecule has 2 N–H and O–H groups in total. The zero-order chi connectivity index (χ0) is 19.5. The summed E-state index contributed by atoms with van der Waals surface area (Å²) in [5.41, 5.74) is 3.60.